The topological polar surface area (TPSA) is 72.9 Å². The van der Waals surface area contributed by atoms with Gasteiger partial charge in [-0.25, -0.2) is 13.2 Å². The molecule has 0 fully saturated rings. The molecule has 2 aromatic rings. The summed E-state index contributed by atoms with van der Waals surface area (Å²) in [6, 6.07) is 11.1. The highest BCUT2D eigenvalue weighted by Crippen LogP contribution is 2.27. The summed E-state index contributed by atoms with van der Waals surface area (Å²) in [7, 11) is -1.27. The number of carbonyl (C=O) groups excluding carboxylic acids is 1. The highest BCUT2D eigenvalue weighted by atomic mass is 35.5. The Balaban J connectivity index is 2.29. The highest BCUT2D eigenvalue weighted by molar-refractivity contribution is 7.89. The van der Waals surface area contributed by atoms with Crippen LogP contribution >= 0.6 is 11.6 Å². The van der Waals surface area contributed by atoms with Crippen LogP contribution in [0.2, 0.25) is 5.02 Å². The van der Waals surface area contributed by atoms with Gasteiger partial charge in [-0.1, -0.05) is 36.4 Å². The first kappa shape index (κ1) is 21.0. The van der Waals surface area contributed by atoms with Crippen LogP contribution in [0.3, 0.4) is 0 Å². The van der Waals surface area contributed by atoms with Crippen LogP contribution in [0.1, 0.15) is 15.9 Å². The minimum absolute atomic E-state index is 0.0255. The summed E-state index contributed by atoms with van der Waals surface area (Å²) in [6.07, 6.45) is 1.62. The Bertz CT molecular complexity index is 943. The first-order valence-corrected chi connectivity index (χ1v) is 9.78. The predicted molar refractivity (Wildman–Crippen MR) is 104 cm³/mol. The van der Waals surface area contributed by atoms with Gasteiger partial charge >= 0.3 is 5.97 Å². The number of benzene rings is 2. The van der Waals surface area contributed by atoms with E-state index < -0.39 is 16.0 Å². The van der Waals surface area contributed by atoms with E-state index in [1.807, 2.05) is 0 Å². The van der Waals surface area contributed by atoms with E-state index in [1.165, 1.54) is 32.4 Å². The molecule has 27 heavy (non-hydrogen) atoms. The van der Waals surface area contributed by atoms with Crippen molar-refractivity contribution < 1.29 is 22.7 Å². The molecule has 0 saturated carbocycles. The van der Waals surface area contributed by atoms with Crippen LogP contribution in [-0.4, -0.2) is 39.5 Å². The molecule has 0 radical (unpaired) electrons. The number of ether oxygens (including phenoxy) is 2. The monoisotopic (exact) mass is 409 g/mol. The fourth-order valence-electron chi connectivity index (χ4n) is 2.34. The molecule has 0 spiro atoms. The standard InChI is InChI=1S/C19H20ClNO5S/c1-4-10-26-16-7-5-6-14(11-16)13-21(2)27(23,24)18-12-15(19(22)25-3)8-9-17(18)20/h4-9,11-12H,1,10,13H2,2-3H3. The number of hydrogen-bond donors (Lipinski definition) is 0. The SMILES string of the molecule is C=CCOc1cccc(CN(C)S(=O)(=O)c2cc(C(=O)OC)ccc2Cl)c1. The van der Waals surface area contributed by atoms with E-state index >= 15 is 0 Å². The first-order chi connectivity index (χ1) is 12.8. The van der Waals surface area contributed by atoms with Gasteiger partial charge in [-0.2, -0.15) is 4.31 Å². The molecule has 0 aliphatic carbocycles. The quantitative estimate of drug-likeness (QED) is 0.492. The van der Waals surface area contributed by atoms with Crippen molar-refractivity contribution in [1.82, 2.24) is 4.31 Å². The summed E-state index contributed by atoms with van der Waals surface area (Å²) >= 11 is 6.07. The molecule has 0 aliphatic heterocycles. The molecule has 0 bridgehead atoms. The van der Waals surface area contributed by atoms with Crippen molar-refractivity contribution in [2.75, 3.05) is 20.8 Å². The Hall–Kier alpha value is -2.35. The van der Waals surface area contributed by atoms with Gasteiger partial charge < -0.3 is 9.47 Å². The highest BCUT2D eigenvalue weighted by Gasteiger charge is 2.25. The third-order valence-electron chi connectivity index (χ3n) is 3.71. The molecule has 144 valence electrons. The minimum atomic E-state index is -3.93. The maximum absolute atomic E-state index is 12.9. The second-order valence-corrected chi connectivity index (χ2v) is 8.07. The smallest absolute Gasteiger partial charge is 0.337 e. The van der Waals surface area contributed by atoms with E-state index in [0.29, 0.717) is 12.4 Å². The van der Waals surface area contributed by atoms with Gasteiger partial charge in [0, 0.05) is 13.6 Å². The van der Waals surface area contributed by atoms with Gasteiger partial charge in [0.2, 0.25) is 10.0 Å². The van der Waals surface area contributed by atoms with Crippen LogP contribution < -0.4 is 4.74 Å². The van der Waals surface area contributed by atoms with E-state index in [1.54, 1.807) is 30.3 Å². The molecule has 2 rings (SSSR count). The lowest BCUT2D eigenvalue weighted by molar-refractivity contribution is 0.0600. The van der Waals surface area contributed by atoms with Crippen molar-refractivity contribution in [3.63, 3.8) is 0 Å². The number of sulfonamides is 1. The van der Waals surface area contributed by atoms with Crippen LogP contribution in [0.15, 0.2) is 60.0 Å². The lowest BCUT2D eigenvalue weighted by atomic mass is 10.2. The molecule has 0 unspecified atom stereocenters. The predicted octanol–water partition coefficient (Wildman–Crippen LogP) is 3.51. The lowest BCUT2D eigenvalue weighted by Crippen LogP contribution is -2.27. The molecule has 0 aliphatic rings. The summed E-state index contributed by atoms with van der Waals surface area (Å²) in [5, 5.41) is 0.0255. The Morgan fingerprint density at radius 3 is 2.67 bits per heavy atom. The molecule has 2 aromatic carbocycles. The molecule has 0 heterocycles. The van der Waals surface area contributed by atoms with Crippen molar-refractivity contribution in [3.05, 3.63) is 71.3 Å². The average Bonchev–Trinajstić information content (AvgIpc) is 2.66. The molecular weight excluding hydrogens is 390 g/mol. The molecule has 0 N–H and O–H groups in total. The van der Waals surface area contributed by atoms with E-state index in [9.17, 15) is 13.2 Å². The van der Waals surface area contributed by atoms with Crippen LogP contribution in [0.25, 0.3) is 0 Å². The average molecular weight is 410 g/mol. The normalized spacial score (nSPS) is 11.3. The molecule has 8 heteroatoms. The first-order valence-electron chi connectivity index (χ1n) is 7.96. The second kappa shape index (κ2) is 9.03. The summed E-state index contributed by atoms with van der Waals surface area (Å²) in [5.74, 6) is -0.0262. The summed E-state index contributed by atoms with van der Waals surface area (Å²) in [4.78, 5) is 11.5. The van der Waals surface area contributed by atoms with Gasteiger partial charge in [-0.3, -0.25) is 0 Å². The maximum Gasteiger partial charge on any atom is 0.337 e. The number of esters is 1. The number of carbonyl (C=O) groups is 1. The van der Waals surface area contributed by atoms with E-state index in [0.717, 1.165) is 9.87 Å². The van der Waals surface area contributed by atoms with Crippen molar-refractivity contribution >= 4 is 27.6 Å². The molecule has 6 nitrogen and oxygen atoms in total. The van der Waals surface area contributed by atoms with E-state index in [-0.39, 0.29) is 22.0 Å². The van der Waals surface area contributed by atoms with Crippen molar-refractivity contribution in [1.29, 1.82) is 0 Å². The van der Waals surface area contributed by atoms with Gasteiger partial charge in [0.25, 0.3) is 0 Å². The van der Waals surface area contributed by atoms with Gasteiger partial charge in [-0.05, 0) is 35.9 Å². The van der Waals surface area contributed by atoms with Gasteiger partial charge in [0.1, 0.15) is 17.3 Å². The van der Waals surface area contributed by atoms with E-state index in [2.05, 4.69) is 11.3 Å². The van der Waals surface area contributed by atoms with Crippen molar-refractivity contribution in [3.8, 4) is 5.75 Å². The number of rotatable bonds is 8. The lowest BCUT2D eigenvalue weighted by Gasteiger charge is -2.19. The number of halogens is 1. The van der Waals surface area contributed by atoms with Gasteiger partial charge in [-0.15, -0.1) is 0 Å². The molecule has 0 aromatic heterocycles. The molecule has 0 amide bonds. The van der Waals surface area contributed by atoms with Crippen LogP contribution in [0.4, 0.5) is 0 Å². The zero-order chi connectivity index (χ0) is 20.0. The Kier molecular flexibility index (Phi) is 7.01. The van der Waals surface area contributed by atoms with Gasteiger partial charge in [0.05, 0.1) is 17.7 Å². The number of nitrogens with zero attached hydrogens (tertiary/aromatic N) is 1. The third-order valence-corrected chi connectivity index (χ3v) is 6.00. The summed E-state index contributed by atoms with van der Waals surface area (Å²) < 4.78 is 37.1. The zero-order valence-corrected chi connectivity index (χ0v) is 16.6. The fourth-order valence-corrected chi connectivity index (χ4v) is 4.00. The van der Waals surface area contributed by atoms with E-state index in [4.69, 9.17) is 16.3 Å². The fraction of sp³-hybridized carbons (Fsp3) is 0.211. The van der Waals surface area contributed by atoms with Crippen LogP contribution in [0.5, 0.6) is 5.75 Å². The third kappa shape index (κ3) is 5.09. The largest absolute Gasteiger partial charge is 0.490 e. The summed E-state index contributed by atoms with van der Waals surface area (Å²) in [6.45, 7) is 4.05. The van der Waals surface area contributed by atoms with Crippen molar-refractivity contribution in [2.24, 2.45) is 0 Å². The van der Waals surface area contributed by atoms with Crippen LogP contribution in [0, 0.1) is 0 Å². The van der Waals surface area contributed by atoms with Crippen molar-refractivity contribution in [2.45, 2.75) is 11.4 Å². The van der Waals surface area contributed by atoms with Gasteiger partial charge in [0.15, 0.2) is 0 Å². The molecular formula is C19H20ClNO5S. The molecule has 0 atom stereocenters. The van der Waals surface area contributed by atoms with Crippen LogP contribution in [-0.2, 0) is 21.3 Å². The molecule has 0 saturated heterocycles. The maximum atomic E-state index is 12.9. The second-order valence-electron chi connectivity index (χ2n) is 5.64. The number of methoxy groups -OCH3 is 1. The minimum Gasteiger partial charge on any atom is -0.490 e. The Morgan fingerprint density at radius 1 is 1.26 bits per heavy atom. The zero-order valence-electron chi connectivity index (χ0n) is 15.0. The Labute approximate surface area is 164 Å². The summed E-state index contributed by atoms with van der Waals surface area (Å²) in [5.41, 5.74) is 0.844. The number of hydrogen-bond acceptors (Lipinski definition) is 5. The Morgan fingerprint density at radius 2 is 2.00 bits per heavy atom.